The number of hydrogen-bond acceptors (Lipinski definition) is 4. The van der Waals surface area contributed by atoms with Gasteiger partial charge in [-0.1, -0.05) is 18.2 Å². The van der Waals surface area contributed by atoms with E-state index in [1.165, 1.54) is 5.56 Å². The number of rotatable bonds is 5. The molecule has 25 heavy (non-hydrogen) atoms. The van der Waals surface area contributed by atoms with Crippen molar-refractivity contribution in [3.63, 3.8) is 0 Å². The van der Waals surface area contributed by atoms with Crippen molar-refractivity contribution in [1.82, 2.24) is 15.1 Å². The van der Waals surface area contributed by atoms with Gasteiger partial charge in [0, 0.05) is 24.6 Å². The molecule has 1 aliphatic rings. The molecule has 0 spiro atoms. The van der Waals surface area contributed by atoms with Gasteiger partial charge in [0.05, 0.1) is 25.4 Å². The number of hydrogen-bond donors (Lipinski definition) is 1. The number of aromatic nitrogens is 2. The van der Waals surface area contributed by atoms with E-state index >= 15 is 0 Å². The molecule has 6 heteroatoms. The summed E-state index contributed by atoms with van der Waals surface area (Å²) in [7, 11) is 0. The minimum absolute atomic E-state index is 0.0210. The molecule has 1 aliphatic heterocycles. The van der Waals surface area contributed by atoms with Gasteiger partial charge in [-0.25, -0.2) is 0 Å². The Hall–Kier alpha value is -3.02. The van der Waals surface area contributed by atoms with Crippen LogP contribution in [-0.2, 0) is 17.8 Å². The van der Waals surface area contributed by atoms with E-state index in [1.54, 1.807) is 12.5 Å². The van der Waals surface area contributed by atoms with Crippen molar-refractivity contribution >= 4 is 11.6 Å². The van der Waals surface area contributed by atoms with Gasteiger partial charge in [-0.2, -0.15) is 5.10 Å². The average Bonchev–Trinajstić information content (AvgIpc) is 3.33. The van der Waals surface area contributed by atoms with Crippen LogP contribution in [0.4, 0.5) is 5.69 Å². The van der Waals surface area contributed by atoms with E-state index in [9.17, 15) is 4.79 Å². The average molecular weight is 336 g/mol. The van der Waals surface area contributed by atoms with E-state index in [0.717, 1.165) is 24.4 Å². The van der Waals surface area contributed by atoms with Gasteiger partial charge >= 0.3 is 0 Å². The van der Waals surface area contributed by atoms with Crippen molar-refractivity contribution in [2.75, 3.05) is 18.0 Å². The first kappa shape index (κ1) is 15.5. The van der Waals surface area contributed by atoms with Gasteiger partial charge in [0.15, 0.2) is 0 Å². The van der Waals surface area contributed by atoms with E-state index in [-0.39, 0.29) is 11.9 Å². The van der Waals surface area contributed by atoms with Crippen LogP contribution in [-0.4, -0.2) is 28.8 Å². The fourth-order valence-electron chi connectivity index (χ4n) is 3.31. The summed E-state index contributed by atoms with van der Waals surface area (Å²) >= 11 is 0. The van der Waals surface area contributed by atoms with Crippen LogP contribution in [0, 0.1) is 0 Å². The van der Waals surface area contributed by atoms with Crippen LogP contribution in [0.2, 0.25) is 0 Å². The maximum Gasteiger partial charge on any atom is 0.239 e. The van der Waals surface area contributed by atoms with Crippen LogP contribution >= 0.6 is 0 Å². The minimum atomic E-state index is -0.0210. The summed E-state index contributed by atoms with van der Waals surface area (Å²) in [6.45, 7) is 1.48. The van der Waals surface area contributed by atoms with E-state index < -0.39 is 0 Å². The predicted molar refractivity (Wildman–Crippen MR) is 94.2 cm³/mol. The fourth-order valence-corrected chi connectivity index (χ4v) is 3.31. The number of carbonyl (C=O) groups excluding carboxylic acids is 1. The molecule has 3 aromatic rings. The summed E-state index contributed by atoms with van der Waals surface area (Å²) in [6.07, 6.45) is 6.30. The van der Waals surface area contributed by atoms with Gasteiger partial charge in [-0.3, -0.25) is 9.48 Å². The third kappa shape index (κ3) is 3.42. The van der Waals surface area contributed by atoms with Gasteiger partial charge in [0.1, 0.15) is 5.76 Å². The summed E-state index contributed by atoms with van der Waals surface area (Å²) in [5, 5.41) is 7.29. The lowest BCUT2D eigenvalue weighted by Gasteiger charge is -2.35. The first-order valence-corrected chi connectivity index (χ1v) is 8.40. The van der Waals surface area contributed by atoms with Gasteiger partial charge in [0.25, 0.3) is 0 Å². The highest BCUT2D eigenvalue weighted by atomic mass is 16.3. The molecule has 0 saturated carbocycles. The molecule has 0 unspecified atom stereocenters. The first-order valence-electron chi connectivity index (χ1n) is 8.40. The second-order valence-corrected chi connectivity index (χ2v) is 6.21. The molecular formula is C19H20N4O2. The predicted octanol–water partition coefficient (Wildman–Crippen LogP) is 2.40. The van der Waals surface area contributed by atoms with Gasteiger partial charge in [0.2, 0.25) is 5.91 Å². The van der Waals surface area contributed by atoms with Crippen molar-refractivity contribution in [2.24, 2.45) is 0 Å². The van der Waals surface area contributed by atoms with Crippen LogP contribution in [0.5, 0.6) is 0 Å². The molecule has 3 heterocycles. The molecule has 1 N–H and O–H groups in total. The number of amides is 1. The number of furan rings is 1. The Labute approximate surface area is 146 Å². The van der Waals surface area contributed by atoms with E-state index in [1.807, 2.05) is 41.2 Å². The molecule has 1 atom stereocenters. The number of nitrogens with one attached hydrogen (secondary N) is 1. The highest BCUT2D eigenvalue weighted by Gasteiger charge is 2.26. The number of para-hydroxylation sites is 1. The van der Waals surface area contributed by atoms with Crippen LogP contribution in [0.1, 0.15) is 17.4 Å². The summed E-state index contributed by atoms with van der Waals surface area (Å²) in [4.78, 5) is 14.5. The molecule has 6 nitrogen and oxygen atoms in total. The maximum absolute atomic E-state index is 12.4. The highest BCUT2D eigenvalue weighted by molar-refractivity contribution is 5.81. The molecule has 0 aliphatic carbocycles. The summed E-state index contributed by atoms with van der Waals surface area (Å²) < 4.78 is 7.23. The van der Waals surface area contributed by atoms with Crippen LogP contribution in [0.15, 0.2) is 65.5 Å². The van der Waals surface area contributed by atoms with Crippen molar-refractivity contribution < 1.29 is 9.21 Å². The SMILES string of the molecule is O=C(CN1C[C@@H](n2cccn2)Cc2ccccc21)NCc1ccco1. The van der Waals surface area contributed by atoms with Gasteiger partial charge < -0.3 is 14.6 Å². The smallest absolute Gasteiger partial charge is 0.239 e. The molecular weight excluding hydrogens is 316 g/mol. The first-order chi connectivity index (χ1) is 12.3. The summed E-state index contributed by atoms with van der Waals surface area (Å²) in [5.41, 5.74) is 2.37. The van der Waals surface area contributed by atoms with Crippen LogP contribution in [0.3, 0.4) is 0 Å². The number of benzene rings is 1. The lowest BCUT2D eigenvalue weighted by Crippen LogP contribution is -2.43. The molecule has 0 radical (unpaired) electrons. The molecule has 1 amide bonds. The van der Waals surface area contributed by atoms with Crippen LogP contribution < -0.4 is 10.2 Å². The third-order valence-electron chi connectivity index (χ3n) is 4.49. The summed E-state index contributed by atoms with van der Waals surface area (Å²) in [5.74, 6) is 0.731. The number of fused-ring (bicyclic) bond motifs is 1. The summed E-state index contributed by atoms with van der Waals surface area (Å²) in [6, 6.07) is 14.1. The van der Waals surface area contributed by atoms with Crippen molar-refractivity contribution in [3.05, 3.63) is 72.4 Å². The third-order valence-corrected chi connectivity index (χ3v) is 4.49. The molecule has 2 aromatic heterocycles. The van der Waals surface area contributed by atoms with Crippen LogP contribution in [0.25, 0.3) is 0 Å². The van der Waals surface area contributed by atoms with Crippen molar-refractivity contribution in [2.45, 2.75) is 19.0 Å². The van der Waals surface area contributed by atoms with Crippen molar-refractivity contribution in [1.29, 1.82) is 0 Å². The quantitative estimate of drug-likeness (QED) is 0.777. The lowest BCUT2D eigenvalue weighted by atomic mass is 9.98. The second kappa shape index (κ2) is 6.84. The normalized spacial score (nSPS) is 16.5. The Kier molecular flexibility index (Phi) is 4.24. The van der Waals surface area contributed by atoms with E-state index in [0.29, 0.717) is 13.1 Å². The Morgan fingerprint density at radius 1 is 1.24 bits per heavy atom. The zero-order valence-electron chi connectivity index (χ0n) is 13.8. The van der Waals surface area contributed by atoms with Gasteiger partial charge in [-0.15, -0.1) is 0 Å². The maximum atomic E-state index is 12.4. The Bertz CT molecular complexity index is 827. The standard InChI is InChI=1S/C19H20N4O2/c24-19(20-12-17-6-3-10-25-17)14-22-13-16(23-9-4-8-21-23)11-15-5-1-2-7-18(15)22/h1-10,16H,11-14H2,(H,20,24)/t16-/m0/s1. The topological polar surface area (TPSA) is 63.3 Å². The zero-order valence-corrected chi connectivity index (χ0v) is 13.8. The minimum Gasteiger partial charge on any atom is -0.467 e. The monoisotopic (exact) mass is 336 g/mol. The Morgan fingerprint density at radius 2 is 2.16 bits per heavy atom. The van der Waals surface area contributed by atoms with Crippen molar-refractivity contribution in [3.8, 4) is 0 Å². The zero-order chi connectivity index (χ0) is 17.1. The molecule has 0 saturated heterocycles. The molecule has 0 bridgehead atoms. The molecule has 0 fully saturated rings. The highest BCUT2D eigenvalue weighted by Crippen LogP contribution is 2.31. The lowest BCUT2D eigenvalue weighted by molar-refractivity contribution is -0.120. The number of nitrogens with zero attached hydrogens (tertiary/aromatic N) is 3. The number of carbonyl (C=O) groups is 1. The largest absolute Gasteiger partial charge is 0.467 e. The fraction of sp³-hybridized carbons (Fsp3) is 0.263. The van der Waals surface area contributed by atoms with E-state index in [4.69, 9.17) is 4.42 Å². The Balaban J connectivity index is 1.48. The second-order valence-electron chi connectivity index (χ2n) is 6.21. The van der Waals surface area contributed by atoms with E-state index in [2.05, 4.69) is 27.4 Å². The number of anilines is 1. The Morgan fingerprint density at radius 3 is 2.96 bits per heavy atom. The molecule has 1 aromatic carbocycles. The molecule has 128 valence electrons. The van der Waals surface area contributed by atoms with Gasteiger partial charge in [-0.05, 0) is 36.2 Å². The molecule has 4 rings (SSSR count).